The summed E-state index contributed by atoms with van der Waals surface area (Å²) in [6.45, 7) is 1.88. The lowest BCUT2D eigenvalue weighted by Crippen LogP contribution is -2.16. The number of anilines is 1. The van der Waals surface area contributed by atoms with Crippen molar-refractivity contribution in [2.45, 2.75) is 6.42 Å². The molecule has 0 amide bonds. The first-order valence-electron chi connectivity index (χ1n) is 6.17. The SMILES string of the molecule is CN(C)CCCNc1[nH]c2ccccc2c1C=O. The molecule has 2 N–H and O–H groups in total. The molecule has 96 valence electrons. The van der Waals surface area contributed by atoms with Crippen molar-refractivity contribution in [1.82, 2.24) is 9.88 Å². The lowest BCUT2D eigenvalue weighted by atomic mass is 10.2. The maximum Gasteiger partial charge on any atom is 0.154 e. The van der Waals surface area contributed by atoms with E-state index in [1.165, 1.54) is 0 Å². The molecular formula is C14H19N3O. The lowest BCUT2D eigenvalue weighted by molar-refractivity contribution is 0.112. The maximum atomic E-state index is 11.2. The van der Waals surface area contributed by atoms with Crippen LogP contribution in [0.3, 0.4) is 0 Å². The summed E-state index contributed by atoms with van der Waals surface area (Å²) in [5, 5.41) is 4.27. The molecule has 0 aliphatic rings. The van der Waals surface area contributed by atoms with Gasteiger partial charge < -0.3 is 15.2 Å². The van der Waals surface area contributed by atoms with Gasteiger partial charge in [0.2, 0.25) is 0 Å². The molecule has 0 radical (unpaired) electrons. The number of hydrogen-bond acceptors (Lipinski definition) is 3. The normalized spacial score (nSPS) is 11.1. The molecule has 0 spiro atoms. The third-order valence-corrected chi connectivity index (χ3v) is 2.95. The molecule has 2 rings (SSSR count). The minimum atomic E-state index is 0.718. The highest BCUT2D eigenvalue weighted by molar-refractivity contribution is 6.03. The van der Waals surface area contributed by atoms with Gasteiger partial charge in [0.05, 0.1) is 5.56 Å². The summed E-state index contributed by atoms with van der Waals surface area (Å²) < 4.78 is 0. The molecule has 1 aromatic heterocycles. The summed E-state index contributed by atoms with van der Waals surface area (Å²) in [7, 11) is 4.11. The molecule has 18 heavy (non-hydrogen) atoms. The van der Waals surface area contributed by atoms with Gasteiger partial charge in [0, 0.05) is 17.4 Å². The summed E-state index contributed by atoms with van der Waals surface area (Å²) in [4.78, 5) is 16.6. The number of nitrogens with one attached hydrogen (secondary N) is 2. The first kappa shape index (κ1) is 12.6. The van der Waals surface area contributed by atoms with Gasteiger partial charge in [-0.1, -0.05) is 18.2 Å². The first-order valence-corrected chi connectivity index (χ1v) is 6.17. The Bertz CT molecular complexity index is 531. The molecule has 1 aromatic carbocycles. The van der Waals surface area contributed by atoms with Crippen LogP contribution < -0.4 is 5.32 Å². The predicted octanol–water partition coefficient (Wildman–Crippen LogP) is 2.34. The number of aromatic nitrogens is 1. The van der Waals surface area contributed by atoms with E-state index in [-0.39, 0.29) is 0 Å². The van der Waals surface area contributed by atoms with Crippen LogP contribution >= 0.6 is 0 Å². The van der Waals surface area contributed by atoms with Crippen LogP contribution in [0, 0.1) is 0 Å². The van der Waals surface area contributed by atoms with Crippen LogP contribution in [0.15, 0.2) is 24.3 Å². The Labute approximate surface area is 107 Å². The van der Waals surface area contributed by atoms with Crippen LogP contribution in [0.1, 0.15) is 16.8 Å². The van der Waals surface area contributed by atoms with Gasteiger partial charge in [-0.25, -0.2) is 0 Å². The molecule has 1 heterocycles. The number of hydrogen-bond donors (Lipinski definition) is 2. The van der Waals surface area contributed by atoms with E-state index in [0.29, 0.717) is 0 Å². The second-order valence-electron chi connectivity index (χ2n) is 4.66. The number of H-pyrrole nitrogens is 1. The molecule has 0 unspecified atom stereocenters. The molecule has 0 saturated heterocycles. The third-order valence-electron chi connectivity index (χ3n) is 2.95. The molecular weight excluding hydrogens is 226 g/mol. The zero-order valence-electron chi connectivity index (χ0n) is 10.9. The molecule has 4 heteroatoms. The van der Waals surface area contributed by atoms with Gasteiger partial charge >= 0.3 is 0 Å². The summed E-state index contributed by atoms with van der Waals surface area (Å²) in [6.07, 6.45) is 1.95. The van der Waals surface area contributed by atoms with E-state index in [2.05, 4.69) is 29.3 Å². The van der Waals surface area contributed by atoms with Crippen LogP contribution in [-0.2, 0) is 0 Å². The fraction of sp³-hybridized carbons (Fsp3) is 0.357. The van der Waals surface area contributed by atoms with E-state index in [0.717, 1.165) is 48.1 Å². The number of rotatable bonds is 6. The quantitative estimate of drug-likeness (QED) is 0.606. The number of nitrogens with zero attached hydrogens (tertiary/aromatic N) is 1. The molecule has 0 bridgehead atoms. The van der Waals surface area contributed by atoms with Crippen LogP contribution in [0.2, 0.25) is 0 Å². The summed E-state index contributed by atoms with van der Waals surface area (Å²) in [5.74, 6) is 0.824. The molecule has 2 aromatic rings. The Morgan fingerprint density at radius 1 is 1.33 bits per heavy atom. The van der Waals surface area contributed by atoms with Gasteiger partial charge in [0.1, 0.15) is 5.82 Å². The predicted molar refractivity (Wildman–Crippen MR) is 75.3 cm³/mol. The minimum Gasteiger partial charge on any atom is -0.371 e. The van der Waals surface area contributed by atoms with Crippen molar-refractivity contribution in [2.24, 2.45) is 0 Å². The number of para-hydroxylation sites is 1. The van der Waals surface area contributed by atoms with E-state index >= 15 is 0 Å². The number of fused-ring (bicyclic) bond motifs is 1. The second kappa shape index (κ2) is 5.69. The molecule has 0 aliphatic carbocycles. The molecule has 0 atom stereocenters. The Hall–Kier alpha value is -1.81. The van der Waals surface area contributed by atoms with Crippen LogP contribution in [0.5, 0.6) is 0 Å². The molecule has 0 aliphatic heterocycles. The standard InChI is InChI=1S/C14H19N3O/c1-17(2)9-5-8-15-14-12(10-18)11-6-3-4-7-13(11)16-14/h3-4,6-7,10,15-16H,5,8-9H2,1-2H3. The van der Waals surface area contributed by atoms with E-state index in [1.807, 2.05) is 24.3 Å². The first-order chi connectivity index (χ1) is 8.72. The van der Waals surface area contributed by atoms with Crippen molar-refractivity contribution >= 4 is 23.0 Å². The highest BCUT2D eigenvalue weighted by atomic mass is 16.1. The number of carbonyl (C=O) groups excluding carboxylic acids is 1. The van der Waals surface area contributed by atoms with Crippen molar-refractivity contribution < 1.29 is 4.79 Å². The average Bonchev–Trinajstić information content (AvgIpc) is 2.71. The van der Waals surface area contributed by atoms with Crippen molar-refractivity contribution in [3.8, 4) is 0 Å². The van der Waals surface area contributed by atoms with Crippen LogP contribution in [0.25, 0.3) is 10.9 Å². The highest BCUT2D eigenvalue weighted by Gasteiger charge is 2.09. The summed E-state index contributed by atoms with van der Waals surface area (Å²) in [5.41, 5.74) is 1.71. The molecule has 0 fully saturated rings. The van der Waals surface area contributed by atoms with Crippen molar-refractivity contribution in [3.05, 3.63) is 29.8 Å². The minimum absolute atomic E-state index is 0.718. The van der Waals surface area contributed by atoms with Gasteiger partial charge in [-0.05, 0) is 33.1 Å². The fourth-order valence-electron chi connectivity index (χ4n) is 2.03. The van der Waals surface area contributed by atoms with Crippen LogP contribution in [0.4, 0.5) is 5.82 Å². The smallest absolute Gasteiger partial charge is 0.154 e. The van der Waals surface area contributed by atoms with Gasteiger partial charge in [-0.15, -0.1) is 0 Å². The van der Waals surface area contributed by atoms with Gasteiger partial charge in [-0.3, -0.25) is 4.79 Å². The Morgan fingerprint density at radius 2 is 2.11 bits per heavy atom. The summed E-state index contributed by atoms with van der Waals surface area (Å²) in [6, 6.07) is 7.84. The molecule has 4 nitrogen and oxygen atoms in total. The van der Waals surface area contributed by atoms with E-state index in [1.54, 1.807) is 0 Å². The Morgan fingerprint density at radius 3 is 2.83 bits per heavy atom. The fourth-order valence-corrected chi connectivity index (χ4v) is 2.03. The summed E-state index contributed by atoms with van der Waals surface area (Å²) >= 11 is 0. The van der Waals surface area contributed by atoms with Gasteiger partial charge in [0.25, 0.3) is 0 Å². The monoisotopic (exact) mass is 245 g/mol. The Balaban J connectivity index is 2.10. The van der Waals surface area contributed by atoms with E-state index in [9.17, 15) is 4.79 Å². The number of aromatic amines is 1. The number of carbonyl (C=O) groups is 1. The van der Waals surface area contributed by atoms with Crippen LogP contribution in [-0.4, -0.2) is 43.4 Å². The zero-order chi connectivity index (χ0) is 13.0. The topological polar surface area (TPSA) is 48.1 Å². The van der Waals surface area contributed by atoms with Crippen molar-refractivity contribution in [1.29, 1.82) is 0 Å². The Kier molecular flexibility index (Phi) is 3.99. The largest absolute Gasteiger partial charge is 0.371 e. The average molecular weight is 245 g/mol. The molecule has 0 saturated carbocycles. The van der Waals surface area contributed by atoms with Gasteiger partial charge in [-0.2, -0.15) is 0 Å². The lowest BCUT2D eigenvalue weighted by Gasteiger charge is -2.10. The van der Waals surface area contributed by atoms with E-state index < -0.39 is 0 Å². The third kappa shape index (κ3) is 2.71. The zero-order valence-corrected chi connectivity index (χ0v) is 10.9. The highest BCUT2D eigenvalue weighted by Crippen LogP contribution is 2.24. The van der Waals surface area contributed by atoms with Crippen molar-refractivity contribution in [2.75, 3.05) is 32.5 Å². The second-order valence-corrected chi connectivity index (χ2v) is 4.66. The van der Waals surface area contributed by atoms with Gasteiger partial charge in [0.15, 0.2) is 6.29 Å². The number of aldehydes is 1. The number of benzene rings is 1. The van der Waals surface area contributed by atoms with Crippen molar-refractivity contribution in [3.63, 3.8) is 0 Å². The maximum absolute atomic E-state index is 11.2. The van der Waals surface area contributed by atoms with E-state index in [4.69, 9.17) is 0 Å².